The standard InChI is InChI=1S/C15H16N4O5S/c1-8-13(15(21)22)25-14(18-8)9(2)17-12(20)7-16-10-5-3-4-6-11(10)19(23)24/h3-6,9,16H,7H2,1-2H3,(H,17,20)(H,21,22). The van der Waals surface area contributed by atoms with Gasteiger partial charge in [-0.25, -0.2) is 9.78 Å². The molecule has 0 aliphatic carbocycles. The number of nitro benzene ring substituents is 1. The molecular weight excluding hydrogens is 348 g/mol. The number of aromatic carboxylic acids is 1. The van der Waals surface area contributed by atoms with Crippen molar-refractivity contribution < 1.29 is 19.6 Å². The highest BCUT2D eigenvalue weighted by atomic mass is 32.1. The third-order valence-electron chi connectivity index (χ3n) is 3.30. The first-order valence-electron chi connectivity index (χ1n) is 7.27. The minimum Gasteiger partial charge on any atom is -0.477 e. The monoisotopic (exact) mass is 364 g/mol. The molecule has 0 radical (unpaired) electrons. The molecule has 0 saturated carbocycles. The van der Waals surface area contributed by atoms with Crippen LogP contribution >= 0.6 is 11.3 Å². The maximum atomic E-state index is 12.0. The summed E-state index contributed by atoms with van der Waals surface area (Å²) in [6.07, 6.45) is 0. The molecule has 0 bridgehead atoms. The Labute approximate surface area is 146 Å². The van der Waals surface area contributed by atoms with Crippen molar-refractivity contribution in [3.8, 4) is 0 Å². The van der Waals surface area contributed by atoms with E-state index >= 15 is 0 Å². The van der Waals surface area contributed by atoms with E-state index in [2.05, 4.69) is 15.6 Å². The normalized spacial score (nSPS) is 11.6. The highest BCUT2D eigenvalue weighted by Crippen LogP contribution is 2.24. The van der Waals surface area contributed by atoms with Gasteiger partial charge < -0.3 is 15.7 Å². The number of benzene rings is 1. The molecule has 1 unspecified atom stereocenters. The third kappa shape index (κ3) is 4.51. The zero-order chi connectivity index (χ0) is 18.6. The fourth-order valence-corrected chi connectivity index (χ4v) is 3.02. The van der Waals surface area contributed by atoms with Gasteiger partial charge in [0.15, 0.2) is 0 Å². The first-order chi connectivity index (χ1) is 11.8. The largest absolute Gasteiger partial charge is 0.477 e. The molecule has 1 atom stereocenters. The maximum Gasteiger partial charge on any atom is 0.347 e. The number of rotatable bonds is 7. The summed E-state index contributed by atoms with van der Waals surface area (Å²) in [6, 6.07) is 5.54. The molecule has 9 nitrogen and oxygen atoms in total. The molecule has 3 N–H and O–H groups in total. The van der Waals surface area contributed by atoms with Gasteiger partial charge in [0.2, 0.25) is 5.91 Å². The first kappa shape index (κ1) is 18.3. The molecule has 0 aliphatic rings. The van der Waals surface area contributed by atoms with Crippen LogP contribution in [-0.2, 0) is 4.79 Å². The van der Waals surface area contributed by atoms with Crippen LogP contribution in [0.2, 0.25) is 0 Å². The van der Waals surface area contributed by atoms with Crippen LogP contribution in [0.1, 0.15) is 33.3 Å². The number of hydrogen-bond acceptors (Lipinski definition) is 7. The summed E-state index contributed by atoms with van der Waals surface area (Å²) in [4.78, 5) is 37.8. The predicted octanol–water partition coefficient (Wildman–Crippen LogP) is 2.35. The number of aromatic nitrogens is 1. The number of nitrogens with zero attached hydrogens (tertiary/aromatic N) is 2. The Morgan fingerprint density at radius 1 is 1.40 bits per heavy atom. The fraction of sp³-hybridized carbons (Fsp3) is 0.267. The molecule has 2 rings (SSSR count). The van der Waals surface area contributed by atoms with Crippen molar-refractivity contribution in [1.82, 2.24) is 10.3 Å². The summed E-state index contributed by atoms with van der Waals surface area (Å²) >= 11 is 1.00. The van der Waals surface area contributed by atoms with E-state index in [4.69, 9.17) is 5.11 Å². The first-order valence-corrected chi connectivity index (χ1v) is 8.08. The van der Waals surface area contributed by atoms with Gasteiger partial charge in [0, 0.05) is 6.07 Å². The molecule has 2 aromatic rings. The summed E-state index contributed by atoms with van der Waals surface area (Å²) in [7, 11) is 0. The second-order valence-electron chi connectivity index (χ2n) is 5.19. The summed E-state index contributed by atoms with van der Waals surface area (Å²) in [6.45, 7) is 3.12. The van der Waals surface area contributed by atoms with E-state index in [9.17, 15) is 19.7 Å². The van der Waals surface area contributed by atoms with E-state index in [1.807, 2.05) is 0 Å². The number of anilines is 1. The Kier molecular flexibility index (Phi) is 5.65. The molecule has 0 saturated heterocycles. The minimum absolute atomic E-state index is 0.120. The van der Waals surface area contributed by atoms with Crippen molar-refractivity contribution in [2.24, 2.45) is 0 Å². The number of carbonyl (C=O) groups is 2. The number of nitrogens with one attached hydrogen (secondary N) is 2. The Morgan fingerprint density at radius 2 is 2.08 bits per heavy atom. The van der Waals surface area contributed by atoms with Gasteiger partial charge in [-0.15, -0.1) is 11.3 Å². The quantitative estimate of drug-likeness (QED) is 0.507. The number of nitro groups is 1. The van der Waals surface area contributed by atoms with Gasteiger partial charge in [-0.1, -0.05) is 12.1 Å². The van der Waals surface area contributed by atoms with E-state index in [1.54, 1.807) is 19.9 Å². The van der Waals surface area contributed by atoms with Crippen molar-refractivity contribution in [2.75, 3.05) is 11.9 Å². The SMILES string of the molecule is Cc1nc(C(C)NC(=O)CNc2ccccc2[N+](=O)[O-])sc1C(=O)O. The van der Waals surface area contributed by atoms with Crippen LogP contribution in [0, 0.1) is 17.0 Å². The summed E-state index contributed by atoms with van der Waals surface area (Å²) < 4.78 is 0. The van der Waals surface area contributed by atoms with E-state index in [-0.39, 0.29) is 22.8 Å². The Balaban J connectivity index is 1.97. The van der Waals surface area contributed by atoms with Crippen molar-refractivity contribution in [2.45, 2.75) is 19.9 Å². The number of thiazole rings is 1. The number of para-hydroxylation sites is 2. The molecule has 1 heterocycles. The van der Waals surface area contributed by atoms with Crippen LogP contribution in [-0.4, -0.2) is 33.4 Å². The fourth-order valence-electron chi connectivity index (χ4n) is 2.11. The van der Waals surface area contributed by atoms with Crippen LogP contribution in [0.5, 0.6) is 0 Å². The lowest BCUT2D eigenvalue weighted by Crippen LogP contribution is -2.32. The smallest absolute Gasteiger partial charge is 0.347 e. The number of aryl methyl sites for hydroxylation is 1. The lowest BCUT2D eigenvalue weighted by atomic mass is 10.2. The topological polar surface area (TPSA) is 134 Å². The van der Waals surface area contributed by atoms with Gasteiger partial charge >= 0.3 is 5.97 Å². The zero-order valence-corrected chi connectivity index (χ0v) is 14.3. The average Bonchev–Trinajstić information content (AvgIpc) is 2.95. The molecule has 132 valence electrons. The molecule has 25 heavy (non-hydrogen) atoms. The van der Waals surface area contributed by atoms with Crippen molar-refractivity contribution in [3.63, 3.8) is 0 Å². The minimum atomic E-state index is -1.06. The number of amides is 1. The Bertz CT molecular complexity index is 820. The number of carboxylic acid groups (broad SMARTS) is 1. The molecule has 0 spiro atoms. The Morgan fingerprint density at radius 3 is 2.68 bits per heavy atom. The van der Waals surface area contributed by atoms with Crippen molar-refractivity contribution in [3.05, 3.63) is 50.0 Å². The molecule has 10 heteroatoms. The molecule has 1 amide bonds. The summed E-state index contributed by atoms with van der Waals surface area (Å²) in [5.41, 5.74) is 0.519. The highest BCUT2D eigenvalue weighted by molar-refractivity contribution is 7.13. The second kappa shape index (κ2) is 7.71. The number of carbonyl (C=O) groups excluding carboxylic acids is 1. The predicted molar refractivity (Wildman–Crippen MR) is 92.0 cm³/mol. The molecule has 1 aromatic carbocycles. The van der Waals surface area contributed by atoms with E-state index in [0.717, 1.165) is 11.3 Å². The highest BCUT2D eigenvalue weighted by Gasteiger charge is 2.19. The maximum absolute atomic E-state index is 12.0. The van der Waals surface area contributed by atoms with Crippen LogP contribution in [0.3, 0.4) is 0 Å². The van der Waals surface area contributed by atoms with Crippen LogP contribution in [0.25, 0.3) is 0 Å². The van der Waals surface area contributed by atoms with Crippen LogP contribution in [0.4, 0.5) is 11.4 Å². The van der Waals surface area contributed by atoms with Gasteiger partial charge in [0.1, 0.15) is 15.6 Å². The molecular formula is C15H16N4O5S. The summed E-state index contributed by atoms with van der Waals surface area (Å²) in [5.74, 6) is -1.45. The number of hydrogen-bond donors (Lipinski definition) is 3. The third-order valence-corrected chi connectivity index (χ3v) is 4.62. The Hall–Kier alpha value is -3.01. The second-order valence-corrected chi connectivity index (χ2v) is 6.22. The van der Waals surface area contributed by atoms with Gasteiger partial charge in [-0.05, 0) is 19.9 Å². The molecule has 1 aromatic heterocycles. The number of carboxylic acids is 1. The van der Waals surface area contributed by atoms with Crippen LogP contribution < -0.4 is 10.6 Å². The average molecular weight is 364 g/mol. The van der Waals surface area contributed by atoms with Gasteiger partial charge in [-0.2, -0.15) is 0 Å². The van der Waals surface area contributed by atoms with Gasteiger partial charge in [0.25, 0.3) is 5.69 Å². The lowest BCUT2D eigenvalue weighted by molar-refractivity contribution is -0.383. The lowest BCUT2D eigenvalue weighted by Gasteiger charge is -2.12. The summed E-state index contributed by atoms with van der Waals surface area (Å²) in [5, 5.41) is 25.9. The van der Waals surface area contributed by atoms with E-state index in [0.29, 0.717) is 10.7 Å². The van der Waals surface area contributed by atoms with Crippen LogP contribution in [0.15, 0.2) is 24.3 Å². The van der Waals surface area contributed by atoms with Gasteiger partial charge in [-0.3, -0.25) is 14.9 Å². The molecule has 0 aliphatic heterocycles. The van der Waals surface area contributed by atoms with Crippen molar-refractivity contribution >= 4 is 34.6 Å². The van der Waals surface area contributed by atoms with Gasteiger partial charge in [0.05, 0.1) is 23.2 Å². The van der Waals surface area contributed by atoms with E-state index in [1.165, 1.54) is 18.2 Å². The molecule has 0 fully saturated rings. The zero-order valence-electron chi connectivity index (χ0n) is 13.5. The van der Waals surface area contributed by atoms with Crippen molar-refractivity contribution in [1.29, 1.82) is 0 Å². The van der Waals surface area contributed by atoms with E-state index < -0.39 is 22.8 Å².